The molecule has 0 aliphatic carbocycles. The molecule has 31 heavy (non-hydrogen) atoms. The van der Waals surface area contributed by atoms with Crippen LogP contribution in [0.4, 0.5) is 14.9 Å². The maximum Gasteiger partial charge on any atom is 0.321 e. The van der Waals surface area contributed by atoms with Crippen molar-refractivity contribution < 1.29 is 23.5 Å². The number of hydrogen-bond donors (Lipinski definition) is 1. The van der Waals surface area contributed by atoms with Gasteiger partial charge in [0.25, 0.3) is 0 Å². The van der Waals surface area contributed by atoms with Crippen LogP contribution < -0.4 is 5.32 Å². The van der Waals surface area contributed by atoms with Crippen LogP contribution in [-0.4, -0.2) is 84.5 Å². The van der Waals surface area contributed by atoms with Crippen molar-refractivity contribution in [3.8, 4) is 0 Å². The van der Waals surface area contributed by atoms with Crippen LogP contribution in [0.2, 0.25) is 0 Å². The van der Waals surface area contributed by atoms with Gasteiger partial charge in [0.1, 0.15) is 18.4 Å². The SMILES string of the molecule is COCCN1C[C@H]2CN(CC(=O)Nc3ccc(C)c(F)c3)C(=O)N2[C@@H](CC(C)C)C1=O. The van der Waals surface area contributed by atoms with Crippen molar-refractivity contribution in [2.75, 3.05) is 45.2 Å². The number of hydrogen-bond acceptors (Lipinski definition) is 4. The van der Waals surface area contributed by atoms with Gasteiger partial charge < -0.3 is 24.8 Å². The summed E-state index contributed by atoms with van der Waals surface area (Å²) in [6.45, 7) is 7.21. The second-order valence-corrected chi connectivity index (χ2v) is 8.66. The summed E-state index contributed by atoms with van der Waals surface area (Å²) in [5.41, 5.74) is 0.833. The highest BCUT2D eigenvalue weighted by atomic mass is 19.1. The molecule has 2 fully saturated rings. The summed E-state index contributed by atoms with van der Waals surface area (Å²) < 4.78 is 18.9. The third-order valence-corrected chi connectivity index (χ3v) is 5.73. The molecule has 170 valence electrons. The molecule has 0 saturated carbocycles. The number of rotatable bonds is 8. The van der Waals surface area contributed by atoms with Gasteiger partial charge in [-0.2, -0.15) is 0 Å². The highest BCUT2D eigenvalue weighted by Gasteiger charge is 2.49. The zero-order valence-electron chi connectivity index (χ0n) is 18.6. The number of piperazine rings is 1. The van der Waals surface area contributed by atoms with Crippen LogP contribution in [0, 0.1) is 18.7 Å². The largest absolute Gasteiger partial charge is 0.383 e. The fourth-order valence-electron chi connectivity index (χ4n) is 4.19. The number of methoxy groups -OCH3 is 1. The molecule has 2 heterocycles. The van der Waals surface area contributed by atoms with Crippen molar-refractivity contribution >= 4 is 23.5 Å². The number of aryl methyl sites for hydroxylation is 1. The Balaban J connectivity index is 1.70. The van der Waals surface area contributed by atoms with Crippen molar-refractivity contribution in [1.29, 1.82) is 0 Å². The highest BCUT2D eigenvalue weighted by Crippen LogP contribution is 2.29. The first-order valence-electron chi connectivity index (χ1n) is 10.6. The molecule has 2 aliphatic rings. The molecular formula is C22H31FN4O4. The first kappa shape index (κ1) is 23.0. The van der Waals surface area contributed by atoms with Crippen molar-refractivity contribution in [2.24, 2.45) is 5.92 Å². The Morgan fingerprint density at radius 1 is 1.26 bits per heavy atom. The fraction of sp³-hybridized carbons (Fsp3) is 0.591. The summed E-state index contributed by atoms with van der Waals surface area (Å²) in [7, 11) is 1.59. The van der Waals surface area contributed by atoms with Gasteiger partial charge in [0.05, 0.1) is 12.6 Å². The highest BCUT2D eigenvalue weighted by molar-refractivity contribution is 5.96. The van der Waals surface area contributed by atoms with Crippen LogP contribution in [0.5, 0.6) is 0 Å². The minimum absolute atomic E-state index is 0.0724. The molecule has 2 saturated heterocycles. The Hall–Kier alpha value is -2.68. The van der Waals surface area contributed by atoms with E-state index in [1.165, 1.54) is 11.0 Å². The van der Waals surface area contributed by atoms with Crippen LogP contribution in [0.1, 0.15) is 25.8 Å². The summed E-state index contributed by atoms with van der Waals surface area (Å²) >= 11 is 0. The summed E-state index contributed by atoms with van der Waals surface area (Å²) in [6.07, 6.45) is 0.563. The van der Waals surface area contributed by atoms with E-state index in [2.05, 4.69) is 5.32 Å². The summed E-state index contributed by atoms with van der Waals surface area (Å²) in [5, 5.41) is 2.64. The van der Waals surface area contributed by atoms with E-state index in [1.807, 2.05) is 13.8 Å². The van der Waals surface area contributed by atoms with Crippen LogP contribution in [0.25, 0.3) is 0 Å². The fourth-order valence-corrected chi connectivity index (χ4v) is 4.19. The third kappa shape index (κ3) is 5.15. The van der Waals surface area contributed by atoms with Gasteiger partial charge in [-0.15, -0.1) is 0 Å². The summed E-state index contributed by atoms with van der Waals surface area (Å²) in [6, 6.07) is 3.45. The predicted molar refractivity (Wildman–Crippen MR) is 114 cm³/mol. The normalized spacial score (nSPS) is 21.2. The first-order valence-corrected chi connectivity index (χ1v) is 10.6. The number of nitrogens with one attached hydrogen (secondary N) is 1. The number of anilines is 1. The lowest BCUT2D eigenvalue weighted by Crippen LogP contribution is -2.61. The molecule has 4 amide bonds. The van der Waals surface area contributed by atoms with E-state index in [1.54, 1.807) is 36.0 Å². The minimum Gasteiger partial charge on any atom is -0.383 e. The number of fused-ring (bicyclic) bond motifs is 1. The van der Waals surface area contributed by atoms with E-state index in [9.17, 15) is 18.8 Å². The van der Waals surface area contributed by atoms with Gasteiger partial charge >= 0.3 is 6.03 Å². The van der Waals surface area contributed by atoms with E-state index >= 15 is 0 Å². The second kappa shape index (κ2) is 9.64. The number of amides is 4. The molecular weight excluding hydrogens is 403 g/mol. The standard InChI is InChI=1S/C22H31FN4O4/c1-14(2)9-19-21(29)25(7-8-31-4)11-17-12-26(22(30)27(17)19)13-20(28)24-16-6-5-15(3)18(23)10-16/h5-6,10,14,17,19H,7-9,11-13H2,1-4H3,(H,24,28)/t17-,19-/m0/s1. The number of urea groups is 1. The Morgan fingerprint density at radius 3 is 2.61 bits per heavy atom. The molecule has 0 spiro atoms. The van der Waals surface area contributed by atoms with E-state index < -0.39 is 17.8 Å². The van der Waals surface area contributed by atoms with Crippen molar-refractivity contribution in [2.45, 2.75) is 39.3 Å². The number of ether oxygens (including phenoxy) is 1. The van der Waals surface area contributed by atoms with Gasteiger partial charge in [0.2, 0.25) is 11.8 Å². The molecule has 3 rings (SSSR count). The first-order chi connectivity index (χ1) is 14.7. The second-order valence-electron chi connectivity index (χ2n) is 8.66. The van der Waals surface area contributed by atoms with Crippen LogP contribution in [0.3, 0.4) is 0 Å². The van der Waals surface area contributed by atoms with Gasteiger partial charge in [0.15, 0.2) is 0 Å². The Kier molecular flexibility index (Phi) is 7.15. The molecule has 0 unspecified atom stereocenters. The minimum atomic E-state index is -0.539. The lowest BCUT2D eigenvalue weighted by atomic mass is 9.97. The van der Waals surface area contributed by atoms with E-state index in [0.29, 0.717) is 43.9 Å². The van der Waals surface area contributed by atoms with Gasteiger partial charge in [-0.3, -0.25) is 9.59 Å². The Bertz CT molecular complexity index is 847. The Morgan fingerprint density at radius 2 is 1.97 bits per heavy atom. The number of halogens is 1. The molecule has 1 aromatic rings. The van der Waals surface area contributed by atoms with Crippen LogP contribution >= 0.6 is 0 Å². The smallest absolute Gasteiger partial charge is 0.321 e. The third-order valence-electron chi connectivity index (χ3n) is 5.73. The van der Waals surface area contributed by atoms with Gasteiger partial charge in [0, 0.05) is 32.4 Å². The molecule has 8 nitrogen and oxygen atoms in total. The molecule has 0 bridgehead atoms. The summed E-state index contributed by atoms with van der Waals surface area (Å²) in [5.74, 6) is -0.645. The molecule has 1 aromatic carbocycles. The lowest BCUT2D eigenvalue weighted by molar-refractivity contribution is -0.143. The average Bonchev–Trinajstić information content (AvgIpc) is 3.00. The quantitative estimate of drug-likeness (QED) is 0.679. The number of carbonyl (C=O) groups excluding carboxylic acids is 3. The predicted octanol–water partition coefficient (Wildman–Crippen LogP) is 2.08. The van der Waals surface area contributed by atoms with E-state index in [4.69, 9.17) is 4.74 Å². The maximum atomic E-state index is 13.7. The molecule has 2 atom stereocenters. The molecule has 9 heteroatoms. The molecule has 1 N–H and O–H groups in total. The van der Waals surface area contributed by atoms with Crippen LogP contribution in [0.15, 0.2) is 18.2 Å². The number of nitrogens with zero attached hydrogens (tertiary/aromatic N) is 3. The van der Waals surface area contributed by atoms with Crippen LogP contribution in [-0.2, 0) is 14.3 Å². The van der Waals surface area contributed by atoms with Crippen molar-refractivity contribution in [3.05, 3.63) is 29.6 Å². The lowest BCUT2D eigenvalue weighted by Gasteiger charge is -2.42. The molecule has 0 aromatic heterocycles. The van der Waals surface area contributed by atoms with Gasteiger partial charge in [-0.1, -0.05) is 19.9 Å². The molecule has 2 aliphatic heterocycles. The maximum absolute atomic E-state index is 13.7. The van der Waals surface area contributed by atoms with E-state index in [-0.39, 0.29) is 30.4 Å². The zero-order valence-corrected chi connectivity index (χ0v) is 18.6. The van der Waals surface area contributed by atoms with E-state index in [0.717, 1.165) is 0 Å². The zero-order chi connectivity index (χ0) is 22.7. The monoisotopic (exact) mass is 434 g/mol. The average molecular weight is 435 g/mol. The Labute approximate surface area is 182 Å². The molecule has 0 radical (unpaired) electrons. The number of carbonyl (C=O) groups is 3. The van der Waals surface area contributed by atoms with Crippen molar-refractivity contribution in [1.82, 2.24) is 14.7 Å². The van der Waals surface area contributed by atoms with Gasteiger partial charge in [-0.25, -0.2) is 9.18 Å². The summed E-state index contributed by atoms with van der Waals surface area (Å²) in [4.78, 5) is 43.5. The number of benzene rings is 1. The van der Waals surface area contributed by atoms with Gasteiger partial charge in [-0.05, 0) is 37.0 Å². The topological polar surface area (TPSA) is 82.2 Å². The van der Waals surface area contributed by atoms with Crippen molar-refractivity contribution in [3.63, 3.8) is 0 Å².